The Balaban J connectivity index is 1.90. The Bertz CT molecular complexity index is 613. The maximum Gasteiger partial charge on any atom is 0.262 e. The molecule has 2 fully saturated rings. The number of aromatic amines is 1. The Labute approximate surface area is 125 Å². The van der Waals surface area contributed by atoms with Gasteiger partial charge in [-0.2, -0.15) is 9.40 Å². The van der Waals surface area contributed by atoms with Crippen LogP contribution < -0.4 is 0 Å². The van der Waals surface area contributed by atoms with E-state index in [9.17, 15) is 13.5 Å². The van der Waals surface area contributed by atoms with Gasteiger partial charge in [0.2, 0.25) is 0 Å². The Hall–Kier alpha value is -0.960. The van der Waals surface area contributed by atoms with E-state index < -0.39 is 10.0 Å². The third kappa shape index (κ3) is 2.61. The average Bonchev–Trinajstić information content (AvgIpc) is 2.99. The molecule has 118 valence electrons. The highest BCUT2D eigenvalue weighted by molar-refractivity contribution is 7.89. The molecule has 2 aliphatic rings. The van der Waals surface area contributed by atoms with Gasteiger partial charge in [-0.05, 0) is 39.3 Å². The number of hydrogen-bond donors (Lipinski definition) is 2. The number of nitrogens with zero attached hydrogens (tertiary/aromatic N) is 3. The van der Waals surface area contributed by atoms with Gasteiger partial charge in [-0.25, -0.2) is 8.42 Å². The van der Waals surface area contributed by atoms with E-state index in [4.69, 9.17) is 0 Å². The molecule has 8 heteroatoms. The van der Waals surface area contributed by atoms with Crippen molar-refractivity contribution in [2.75, 3.05) is 26.2 Å². The van der Waals surface area contributed by atoms with Crippen LogP contribution in [-0.4, -0.2) is 65.1 Å². The van der Waals surface area contributed by atoms with Crippen LogP contribution >= 0.6 is 0 Å². The Kier molecular flexibility index (Phi) is 4.04. The monoisotopic (exact) mass is 314 g/mol. The van der Waals surface area contributed by atoms with Gasteiger partial charge in [-0.3, -0.25) is 10.00 Å². The first-order valence-corrected chi connectivity index (χ1v) is 8.87. The van der Waals surface area contributed by atoms with Gasteiger partial charge < -0.3 is 5.11 Å². The summed E-state index contributed by atoms with van der Waals surface area (Å²) in [6.07, 6.45) is 3.04. The van der Waals surface area contributed by atoms with Crippen molar-refractivity contribution in [3.8, 4) is 0 Å². The Morgan fingerprint density at radius 1 is 1.33 bits per heavy atom. The minimum Gasteiger partial charge on any atom is -0.392 e. The van der Waals surface area contributed by atoms with E-state index in [1.165, 1.54) is 4.31 Å². The van der Waals surface area contributed by atoms with Crippen molar-refractivity contribution in [2.24, 2.45) is 0 Å². The lowest BCUT2D eigenvalue weighted by Gasteiger charge is -2.24. The first kappa shape index (κ1) is 15.0. The highest BCUT2D eigenvalue weighted by atomic mass is 32.2. The summed E-state index contributed by atoms with van der Waals surface area (Å²) in [6.45, 7) is 4.48. The molecule has 3 rings (SSSR count). The number of rotatable bonds is 3. The van der Waals surface area contributed by atoms with Crippen LogP contribution in [0, 0.1) is 6.92 Å². The van der Waals surface area contributed by atoms with Crippen molar-refractivity contribution in [2.45, 2.75) is 43.9 Å². The second kappa shape index (κ2) is 5.68. The van der Waals surface area contributed by atoms with E-state index in [1.807, 2.05) is 0 Å². The van der Waals surface area contributed by atoms with Crippen LogP contribution in [-0.2, 0) is 16.6 Å². The molecule has 1 aromatic heterocycles. The van der Waals surface area contributed by atoms with Gasteiger partial charge in [0.05, 0.1) is 6.61 Å². The smallest absolute Gasteiger partial charge is 0.262 e. The molecular weight excluding hydrogens is 292 g/mol. The Morgan fingerprint density at radius 2 is 2.10 bits per heavy atom. The zero-order chi connectivity index (χ0) is 15.0. The largest absolute Gasteiger partial charge is 0.392 e. The van der Waals surface area contributed by atoms with Crippen molar-refractivity contribution >= 4 is 10.0 Å². The maximum atomic E-state index is 12.8. The first-order chi connectivity index (χ1) is 10.0. The number of aliphatic hydroxyl groups is 1. The number of hydrogen-bond acceptors (Lipinski definition) is 5. The van der Waals surface area contributed by atoms with Crippen LogP contribution in [0.15, 0.2) is 5.03 Å². The number of aromatic nitrogens is 2. The quantitative estimate of drug-likeness (QED) is 0.824. The molecule has 2 N–H and O–H groups in total. The van der Waals surface area contributed by atoms with E-state index in [1.54, 1.807) is 6.92 Å². The molecule has 3 heterocycles. The van der Waals surface area contributed by atoms with E-state index >= 15 is 0 Å². The minimum atomic E-state index is -3.64. The van der Waals surface area contributed by atoms with Crippen LogP contribution in [0.1, 0.15) is 30.5 Å². The van der Waals surface area contributed by atoms with Crippen molar-refractivity contribution in [1.82, 2.24) is 19.4 Å². The van der Waals surface area contributed by atoms with Gasteiger partial charge in [0.1, 0.15) is 0 Å². The summed E-state index contributed by atoms with van der Waals surface area (Å²) in [5, 5.41) is 16.0. The fourth-order valence-electron chi connectivity index (χ4n) is 3.34. The van der Waals surface area contributed by atoms with Crippen molar-refractivity contribution in [3.63, 3.8) is 0 Å². The van der Waals surface area contributed by atoms with Gasteiger partial charge in [-0.1, -0.05) is 0 Å². The summed E-state index contributed by atoms with van der Waals surface area (Å²) < 4.78 is 27.2. The molecule has 2 aliphatic heterocycles. The summed E-state index contributed by atoms with van der Waals surface area (Å²) in [5.74, 6) is 0. The molecule has 7 nitrogen and oxygen atoms in total. The predicted molar refractivity (Wildman–Crippen MR) is 77.2 cm³/mol. The SMILES string of the molecule is Cc1[nH]nc(S(=O)(=O)N2CCCN3CCCC3C2)c1CO. The maximum absolute atomic E-state index is 12.8. The van der Waals surface area contributed by atoms with Crippen molar-refractivity contribution in [3.05, 3.63) is 11.3 Å². The number of H-pyrrole nitrogens is 1. The van der Waals surface area contributed by atoms with Crippen LogP contribution in [0.3, 0.4) is 0 Å². The zero-order valence-electron chi connectivity index (χ0n) is 12.2. The molecule has 1 unspecified atom stereocenters. The molecule has 1 atom stereocenters. The topological polar surface area (TPSA) is 89.5 Å². The van der Waals surface area contributed by atoms with Crippen molar-refractivity contribution < 1.29 is 13.5 Å². The first-order valence-electron chi connectivity index (χ1n) is 7.43. The van der Waals surface area contributed by atoms with Gasteiger partial charge in [-0.15, -0.1) is 0 Å². The van der Waals surface area contributed by atoms with E-state index in [-0.39, 0.29) is 11.6 Å². The molecule has 1 aromatic rings. The highest BCUT2D eigenvalue weighted by Gasteiger charge is 2.36. The predicted octanol–water partition coefficient (Wildman–Crippen LogP) is 0.0692. The third-order valence-electron chi connectivity index (χ3n) is 4.54. The van der Waals surface area contributed by atoms with Crippen LogP contribution in [0.25, 0.3) is 0 Å². The normalized spacial score (nSPS) is 25.0. The van der Waals surface area contributed by atoms with Gasteiger partial charge in [0, 0.05) is 30.4 Å². The third-order valence-corrected chi connectivity index (χ3v) is 6.38. The van der Waals surface area contributed by atoms with E-state index in [2.05, 4.69) is 15.1 Å². The van der Waals surface area contributed by atoms with E-state index in [0.717, 1.165) is 32.4 Å². The van der Waals surface area contributed by atoms with Gasteiger partial charge >= 0.3 is 0 Å². The van der Waals surface area contributed by atoms with Crippen LogP contribution in [0.4, 0.5) is 0 Å². The summed E-state index contributed by atoms with van der Waals surface area (Å²) in [4.78, 5) is 2.39. The van der Waals surface area contributed by atoms with Gasteiger partial charge in [0.15, 0.2) is 5.03 Å². The molecule has 0 saturated carbocycles. The lowest BCUT2D eigenvalue weighted by atomic mass is 10.2. The van der Waals surface area contributed by atoms with Crippen molar-refractivity contribution in [1.29, 1.82) is 0 Å². The second-order valence-corrected chi connectivity index (χ2v) is 7.69. The number of nitrogens with one attached hydrogen (secondary N) is 1. The Morgan fingerprint density at radius 3 is 2.86 bits per heavy atom. The molecule has 0 bridgehead atoms. The summed E-state index contributed by atoms with van der Waals surface area (Å²) >= 11 is 0. The summed E-state index contributed by atoms with van der Waals surface area (Å²) in [7, 11) is -3.64. The minimum absolute atomic E-state index is 0.0195. The molecule has 0 amide bonds. The number of aliphatic hydroxyl groups excluding tert-OH is 1. The number of sulfonamides is 1. The lowest BCUT2D eigenvalue weighted by Crippen LogP contribution is -2.40. The van der Waals surface area contributed by atoms with E-state index in [0.29, 0.717) is 30.4 Å². The molecule has 21 heavy (non-hydrogen) atoms. The lowest BCUT2D eigenvalue weighted by molar-refractivity contribution is 0.257. The average molecular weight is 314 g/mol. The fourth-order valence-corrected chi connectivity index (χ4v) is 5.02. The molecular formula is C13H22N4O3S. The standard InChI is InChI=1S/C13H22N4O3S/c1-10-12(9-18)13(15-14-10)21(19,20)17-7-3-6-16-5-2-4-11(16)8-17/h11,18H,2-9H2,1H3,(H,14,15). The molecule has 0 aliphatic carbocycles. The molecule has 0 spiro atoms. The fraction of sp³-hybridized carbons (Fsp3) is 0.769. The summed E-state index contributed by atoms with van der Waals surface area (Å²) in [5.41, 5.74) is 0.982. The molecule has 0 aromatic carbocycles. The van der Waals surface area contributed by atoms with Crippen LogP contribution in [0.2, 0.25) is 0 Å². The number of fused-ring (bicyclic) bond motifs is 1. The van der Waals surface area contributed by atoms with Crippen LogP contribution in [0.5, 0.6) is 0 Å². The summed E-state index contributed by atoms with van der Waals surface area (Å²) in [6, 6.07) is 0.319. The zero-order valence-corrected chi connectivity index (χ0v) is 13.1. The highest BCUT2D eigenvalue weighted by Crippen LogP contribution is 2.26. The van der Waals surface area contributed by atoms with Gasteiger partial charge in [0.25, 0.3) is 10.0 Å². The molecule has 2 saturated heterocycles. The second-order valence-electron chi connectivity index (χ2n) is 5.84. The number of aryl methyl sites for hydroxylation is 1. The molecule has 0 radical (unpaired) electrons.